The number of hydrogen-bond donors (Lipinski definition) is 0. The number of carbonyl (C=O) groups is 1. The van der Waals surface area contributed by atoms with Crippen molar-refractivity contribution >= 4 is 11.6 Å². The highest BCUT2D eigenvalue weighted by molar-refractivity contribution is 5.94. The number of likely N-dealkylation sites (tertiary alicyclic amines) is 1. The van der Waals surface area contributed by atoms with Gasteiger partial charge in [0.1, 0.15) is 5.75 Å². The van der Waals surface area contributed by atoms with E-state index in [1.165, 1.54) is 5.56 Å². The van der Waals surface area contributed by atoms with Crippen molar-refractivity contribution in [1.82, 2.24) is 4.90 Å². The van der Waals surface area contributed by atoms with Crippen molar-refractivity contribution in [2.75, 3.05) is 51.4 Å². The Kier molecular flexibility index (Phi) is 6.35. The molecule has 0 bridgehead atoms. The number of nitrogens with zero attached hydrogens (tertiary/aromatic N) is 2. The summed E-state index contributed by atoms with van der Waals surface area (Å²) in [5.41, 5.74) is 3.22. The van der Waals surface area contributed by atoms with Crippen molar-refractivity contribution in [3.8, 4) is 5.75 Å². The molecule has 1 amide bonds. The van der Waals surface area contributed by atoms with E-state index in [1.807, 2.05) is 29.2 Å². The molecule has 0 spiro atoms. The Bertz CT molecular complexity index is 798. The molecule has 0 aliphatic carbocycles. The average Bonchev–Trinajstić information content (AvgIpc) is 3.06. The standard InChI is InChI=1S/C24H30N2O3/c1-28-23-11-7-19(8-12-23)21-4-2-3-13-26(18-21)24(27)20-5-9-22(10-6-20)25-14-16-29-17-15-25/h5-12,21H,2-4,13-18H2,1H3. The summed E-state index contributed by atoms with van der Waals surface area (Å²) < 4.78 is 10.7. The summed E-state index contributed by atoms with van der Waals surface area (Å²) >= 11 is 0. The fraction of sp³-hybridized carbons (Fsp3) is 0.458. The van der Waals surface area contributed by atoms with Gasteiger partial charge < -0.3 is 19.3 Å². The molecule has 0 radical (unpaired) electrons. The molecular formula is C24H30N2O3. The van der Waals surface area contributed by atoms with Crippen LogP contribution < -0.4 is 9.64 Å². The van der Waals surface area contributed by atoms with E-state index in [2.05, 4.69) is 29.2 Å². The quantitative estimate of drug-likeness (QED) is 0.788. The highest BCUT2D eigenvalue weighted by Gasteiger charge is 2.24. The number of hydrogen-bond acceptors (Lipinski definition) is 4. The number of amides is 1. The third-order valence-electron chi connectivity index (χ3n) is 6.04. The first-order chi connectivity index (χ1) is 14.2. The van der Waals surface area contributed by atoms with E-state index in [1.54, 1.807) is 7.11 Å². The van der Waals surface area contributed by atoms with E-state index in [0.29, 0.717) is 5.92 Å². The molecule has 5 heteroatoms. The van der Waals surface area contributed by atoms with Crippen LogP contribution in [0.4, 0.5) is 5.69 Å². The summed E-state index contributed by atoms with van der Waals surface area (Å²) in [4.78, 5) is 17.5. The largest absolute Gasteiger partial charge is 0.497 e. The smallest absolute Gasteiger partial charge is 0.253 e. The summed E-state index contributed by atoms with van der Waals surface area (Å²) in [6.07, 6.45) is 3.33. The maximum atomic E-state index is 13.2. The minimum Gasteiger partial charge on any atom is -0.497 e. The minimum atomic E-state index is 0.138. The maximum absolute atomic E-state index is 13.2. The van der Waals surface area contributed by atoms with Crippen LogP contribution in [0.1, 0.15) is 41.1 Å². The summed E-state index contributed by atoms with van der Waals surface area (Å²) in [5.74, 6) is 1.38. The fourth-order valence-corrected chi connectivity index (χ4v) is 4.29. The van der Waals surface area contributed by atoms with Gasteiger partial charge in [-0.15, -0.1) is 0 Å². The number of benzene rings is 2. The van der Waals surface area contributed by atoms with Crippen LogP contribution in [0.25, 0.3) is 0 Å². The van der Waals surface area contributed by atoms with Gasteiger partial charge >= 0.3 is 0 Å². The molecule has 2 fully saturated rings. The predicted octanol–water partition coefficient (Wildman–Crippen LogP) is 3.94. The topological polar surface area (TPSA) is 42.0 Å². The molecule has 5 nitrogen and oxygen atoms in total. The van der Waals surface area contributed by atoms with Crippen molar-refractivity contribution in [2.24, 2.45) is 0 Å². The molecule has 0 saturated carbocycles. The Morgan fingerprint density at radius 3 is 2.38 bits per heavy atom. The Balaban J connectivity index is 1.45. The zero-order valence-corrected chi connectivity index (χ0v) is 17.2. The molecule has 29 heavy (non-hydrogen) atoms. The first kappa shape index (κ1) is 19.8. The molecule has 2 aliphatic rings. The van der Waals surface area contributed by atoms with Crippen LogP contribution in [-0.4, -0.2) is 57.3 Å². The van der Waals surface area contributed by atoms with Crippen molar-refractivity contribution in [2.45, 2.75) is 25.2 Å². The van der Waals surface area contributed by atoms with Gasteiger partial charge in [0.25, 0.3) is 5.91 Å². The van der Waals surface area contributed by atoms with Gasteiger partial charge in [0, 0.05) is 43.3 Å². The van der Waals surface area contributed by atoms with Crippen LogP contribution in [-0.2, 0) is 4.74 Å². The molecule has 0 N–H and O–H groups in total. The Hall–Kier alpha value is -2.53. The Labute approximate surface area is 173 Å². The molecule has 154 valence electrons. The minimum absolute atomic E-state index is 0.138. The summed E-state index contributed by atoms with van der Waals surface area (Å²) in [7, 11) is 1.69. The Morgan fingerprint density at radius 2 is 1.69 bits per heavy atom. The van der Waals surface area contributed by atoms with E-state index in [9.17, 15) is 4.79 Å². The maximum Gasteiger partial charge on any atom is 0.253 e. The molecule has 1 unspecified atom stereocenters. The van der Waals surface area contributed by atoms with E-state index >= 15 is 0 Å². The van der Waals surface area contributed by atoms with Gasteiger partial charge in [0.15, 0.2) is 0 Å². The lowest BCUT2D eigenvalue weighted by Gasteiger charge is -2.29. The van der Waals surface area contributed by atoms with Gasteiger partial charge in [0.05, 0.1) is 20.3 Å². The molecule has 2 saturated heterocycles. The van der Waals surface area contributed by atoms with Crippen LogP contribution in [0.2, 0.25) is 0 Å². The number of methoxy groups -OCH3 is 1. The lowest BCUT2D eigenvalue weighted by molar-refractivity contribution is 0.0754. The van der Waals surface area contributed by atoms with Crippen molar-refractivity contribution < 1.29 is 14.3 Å². The van der Waals surface area contributed by atoms with Gasteiger partial charge in [-0.2, -0.15) is 0 Å². The molecule has 2 heterocycles. The summed E-state index contributed by atoms with van der Waals surface area (Å²) in [5, 5.41) is 0. The third kappa shape index (κ3) is 4.73. The highest BCUT2D eigenvalue weighted by atomic mass is 16.5. The van der Waals surface area contributed by atoms with E-state index < -0.39 is 0 Å². The Morgan fingerprint density at radius 1 is 0.966 bits per heavy atom. The molecular weight excluding hydrogens is 364 g/mol. The third-order valence-corrected chi connectivity index (χ3v) is 6.04. The molecule has 2 aromatic carbocycles. The monoisotopic (exact) mass is 394 g/mol. The number of ether oxygens (including phenoxy) is 2. The van der Waals surface area contributed by atoms with E-state index in [-0.39, 0.29) is 5.91 Å². The summed E-state index contributed by atoms with van der Waals surface area (Å²) in [6, 6.07) is 16.4. The fourth-order valence-electron chi connectivity index (χ4n) is 4.29. The van der Waals surface area contributed by atoms with E-state index in [4.69, 9.17) is 9.47 Å². The molecule has 2 aliphatic heterocycles. The van der Waals surface area contributed by atoms with Gasteiger partial charge in [-0.1, -0.05) is 18.6 Å². The van der Waals surface area contributed by atoms with Crippen LogP contribution in [0, 0.1) is 0 Å². The summed E-state index contributed by atoms with van der Waals surface area (Å²) in [6.45, 7) is 4.95. The first-order valence-corrected chi connectivity index (χ1v) is 10.6. The molecule has 2 aromatic rings. The first-order valence-electron chi connectivity index (χ1n) is 10.6. The zero-order chi connectivity index (χ0) is 20.1. The van der Waals surface area contributed by atoms with E-state index in [0.717, 1.165) is 75.7 Å². The second-order valence-electron chi connectivity index (χ2n) is 7.86. The number of anilines is 1. The SMILES string of the molecule is COc1ccc(C2CCCCN(C(=O)c3ccc(N4CCOCC4)cc3)C2)cc1. The zero-order valence-electron chi connectivity index (χ0n) is 17.2. The van der Waals surface area contributed by atoms with Gasteiger partial charge in [-0.3, -0.25) is 4.79 Å². The highest BCUT2D eigenvalue weighted by Crippen LogP contribution is 2.29. The number of morpholine rings is 1. The van der Waals surface area contributed by atoms with Gasteiger partial charge in [-0.25, -0.2) is 0 Å². The van der Waals surface area contributed by atoms with Crippen LogP contribution >= 0.6 is 0 Å². The molecule has 4 rings (SSSR count). The van der Waals surface area contributed by atoms with Crippen molar-refractivity contribution in [3.05, 3.63) is 59.7 Å². The second-order valence-corrected chi connectivity index (χ2v) is 7.86. The molecule has 1 atom stereocenters. The predicted molar refractivity (Wildman–Crippen MR) is 115 cm³/mol. The van der Waals surface area contributed by atoms with Gasteiger partial charge in [0.2, 0.25) is 0 Å². The van der Waals surface area contributed by atoms with Crippen LogP contribution in [0.5, 0.6) is 5.75 Å². The van der Waals surface area contributed by atoms with Gasteiger partial charge in [-0.05, 0) is 54.8 Å². The number of carbonyl (C=O) groups excluding carboxylic acids is 1. The molecule has 0 aromatic heterocycles. The van der Waals surface area contributed by atoms with Crippen LogP contribution in [0.3, 0.4) is 0 Å². The lowest BCUT2D eigenvalue weighted by atomic mass is 9.94. The average molecular weight is 395 g/mol. The van der Waals surface area contributed by atoms with Crippen molar-refractivity contribution in [3.63, 3.8) is 0 Å². The normalized spacial score (nSPS) is 20.2. The van der Waals surface area contributed by atoms with Crippen molar-refractivity contribution in [1.29, 1.82) is 0 Å². The van der Waals surface area contributed by atoms with Crippen LogP contribution in [0.15, 0.2) is 48.5 Å². The second kappa shape index (κ2) is 9.31. The number of rotatable bonds is 4. The lowest BCUT2D eigenvalue weighted by Crippen LogP contribution is -2.36.